The van der Waals surface area contributed by atoms with Crippen LogP contribution in [-0.2, 0) is 14.3 Å². The van der Waals surface area contributed by atoms with Crippen molar-refractivity contribution < 1.29 is 24.5 Å². The zero-order valence-corrected chi connectivity index (χ0v) is 21.7. The van der Waals surface area contributed by atoms with Crippen LogP contribution in [0.1, 0.15) is 155 Å². The summed E-state index contributed by atoms with van der Waals surface area (Å²) in [4.78, 5) is 21.5. The second-order valence-corrected chi connectivity index (χ2v) is 9.72. The lowest BCUT2D eigenvalue weighted by molar-refractivity contribution is -0.156. The highest BCUT2D eigenvalue weighted by Crippen LogP contribution is 2.15. The van der Waals surface area contributed by atoms with Crippen molar-refractivity contribution >= 4 is 11.9 Å². The van der Waals surface area contributed by atoms with Gasteiger partial charge >= 0.3 is 11.9 Å². The van der Waals surface area contributed by atoms with Crippen molar-refractivity contribution in [2.45, 2.75) is 161 Å². The Morgan fingerprint density at radius 2 is 0.848 bits per heavy atom. The minimum absolute atomic E-state index is 0.323. The summed E-state index contributed by atoms with van der Waals surface area (Å²) in [6.45, 7) is 2.60. The standard InChI is InChI=1S/C28H54O5/c1-2-3-4-5-6-7-8-9-10-11-12-13-14-15-16-17-18-19-20-21-22-23-24-33-26(28(31)32)25-27(29)30/h26H,2-25H2,1H3,(H,29,30)(H,31,32). The minimum atomic E-state index is -1.22. The van der Waals surface area contributed by atoms with Crippen LogP contribution in [0.5, 0.6) is 0 Å². The van der Waals surface area contributed by atoms with Gasteiger partial charge in [-0.3, -0.25) is 4.79 Å². The Balaban J connectivity index is 3.18. The fourth-order valence-corrected chi connectivity index (χ4v) is 4.31. The van der Waals surface area contributed by atoms with Gasteiger partial charge in [0.25, 0.3) is 0 Å². The second-order valence-electron chi connectivity index (χ2n) is 9.72. The van der Waals surface area contributed by atoms with Gasteiger partial charge in [-0.1, -0.05) is 142 Å². The van der Waals surface area contributed by atoms with Gasteiger partial charge in [0.2, 0.25) is 0 Å². The molecule has 1 atom stereocenters. The quantitative estimate of drug-likeness (QED) is 0.117. The molecule has 0 aliphatic heterocycles. The Morgan fingerprint density at radius 1 is 0.545 bits per heavy atom. The Labute approximate surface area is 204 Å². The molecular formula is C28H54O5. The predicted molar refractivity (Wildman–Crippen MR) is 137 cm³/mol. The smallest absolute Gasteiger partial charge is 0.333 e. The van der Waals surface area contributed by atoms with Crippen molar-refractivity contribution in [3.63, 3.8) is 0 Å². The molecule has 0 aromatic heterocycles. The Kier molecular flexibility index (Phi) is 24.7. The Morgan fingerprint density at radius 3 is 1.12 bits per heavy atom. The van der Waals surface area contributed by atoms with Crippen LogP contribution in [0.25, 0.3) is 0 Å². The second kappa shape index (κ2) is 25.5. The molecule has 0 aromatic carbocycles. The van der Waals surface area contributed by atoms with Crippen molar-refractivity contribution in [1.82, 2.24) is 0 Å². The van der Waals surface area contributed by atoms with Crippen molar-refractivity contribution in [2.75, 3.05) is 6.61 Å². The molecule has 0 spiro atoms. The number of aliphatic carboxylic acids is 2. The number of hydrogen-bond donors (Lipinski definition) is 2. The van der Waals surface area contributed by atoms with E-state index in [1.54, 1.807) is 0 Å². The number of carboxylic acid groups (broad SMARTS) is 2. The van der Waals surface area contributed by atoms with Gasteiger partial charge in [0.1, 0.15) is 0 Å². The average molecular weight is 471 g/mol. The summed E-state index contributed by atoms with van der Waals surface area (Å²) in [5.41, 5.74) is 0. The highest BCUT2D eigenvalue weighted by Gasteiger charge is 2.21. The van der Waals surface area contributed by atoms with Crippen LogP contribution in [0.4, 0.5) is 0 Å². The first-order valence-corrected chi connectivity index (χ1v) is 14.1. The van der Waals surface area contributed by atoms with Gasteiger partial charge in [-0.15, -0.1) is 0 Å². The van der Waals surface area contributed by atoms with Crippen molar-refractivity contribution in [3.8, 4) is 0 Å². The van der Waals surface area contributed by atoms with Gasteiger partial charge in [0.15, 0.2) is 6.10 Å². The zero-order valence-electron chi connectivity index (χ0n) is 21.7. The summed E-state index contributed by atoms with van der Waals surface area (Å²) in [5, 5.41) is 17.6. The first kappa shape index (κ1) is 31.9. The van der Waals surface area contributed by atoms with Gasteiger partial charge in [0, 0.05) is 6.61 Å². The van der Waals surface area contributed by atoms with E-state index >= 15 is 0 Å². The molecule has 0 saturated carbocycles. The monoisotopic (exact) mass is 470 g/mol. The third-order valence-electron chi connectivity index (χ3n) is 6.45. The van der Waals surface area contributed by atoms with Gasteiger partial charge in [-0.2, -0.15) is 0 Å². The van der Waals surface area contributed by atoms with E-state index in [-0.39, 0.29) is 0 Å². The van der Waals surface area contributed by atoms with Crippen LogP contribution in [-0.4, -0.2) is 34.9 Å². The summed E-state index contributed by atoms with van der Waals surface area (Å²) < 4.78 is 5.18. The van der Waals surface area contributed by atoms with Crippen LogP contribution in [0.2, 0.25) is 0 Å². The van der Waals surface area contributed by atoms with E-state index in [2.05, 4.69) is 6.92 Å². The van der Waals surface area contributed by atoms with Gasteiger partial charge in [-0.25, -0.2) is 4.79 Å². The molecule has 0 heterocycles. The molecule has 0 amide bonds. The Hall–Kier alpha value is -1.10. The molecule has 0 aliphatic carbocycles. The number of carbonyl (C=O) groups is 2. The molecule has 0 radical (unpaired) electrons. The predicted octanol–water partition coefficient (Wildman–Crippen LogP) is 8.53. The largest absolute Gasteiger partial charge is 0.481 e. The summed E-state index contributed by atoms with van der Waals surface area (Å²) >= 11 is 0. The third-order valence-corrected chi connectivity index (χ3v) is 6.45. The average Bonchev–Trinajstić information content (AvgIpc) is 2.78. The molecule has 0 bridgehead atoms. The number of carboxylic acids is 2. The summed E-state index contributed by atoms with van der Waals surface area (Å²) in [5.74, 6) is -2.34. The third kappa shape index (κ3) is 25.4. The lowest BCUT2D eigenvalue weighted by Crippen LogP contribution is -2.27. The van der Waals surface area contributed by atoms with E-state index in [9.17, 15) is 9.59 Å². The maximum Gasteiger partial charge on any atom is 0.333 e. The SMILES string of the molecule is CCCCCCCCCCCCCCCCCCCCCCCCOC(CC(=O)O)C(=O)O. The zero-order chi connectivity index (χ0) is 24.4. The van der Waals surface area contributed by atoms with Gasteiger partial charge < -0.3 is 14.9 Å². The molecular weight excluding hydrogens is 416 g/mol. The molecule has 0 aromatic rings. The first-order chi connectivity index (χ1) is 16.1. The molecule has 33 heavy (non-hydrogen) atoms. The molecule has 5 heteroatoms. The van der Waals surface area contributed by atoms with E-state index in [1.807, 2.05) is 0 Å². The van der Waals surface area contributed by atoms with E-state index in [0.29, 0.717) is 6.61 Å². The molecule has 0 fully saturated rings. The topological polar surface area (TPSA) is 83.8 Å². The highest BCUT2D eigenvalue weighted by atomic mass is 16.5. The van der Waals surface area contributed by atoms with Crippen LogP contribution in [0.3, 0.4) is 0 Å². The van der Waals surface area contributed by atoms with E-state index in [4.69, 9.17) is 14.9 Å². The number of ether oxygens (including phenoxy) is 1. The van der Waals surface area contributed by atoms with Crippen molar-refractivity contribution in [3.05, 3.63) is 0 Å². The van der Waals surface area contributed by atoms with Crippen LogP contribution in [0, 0.1) is 0 Å². The van der Waals surface area contributed by atoms with Crippen molar-refractivity contribution in [1.29, 1.82) is 0 Å². The van der Waals surface area contributed by atoms with E-state index in [0.717, 1.165) is 19.3 Å². The first-order valence-electron chi connectivity index (χ1n) is 14.1. The van der Waals surface area contributed by atoms with Gasteiger partial charge in [0.05, 0.1) is 6.42 Å². The highest BCUT2D eigenvalue weighted by molar-refractivity contribution is 5.79. The van der Waals surface area contributed by atoms with Crippen LogP contribution >= 0.6 is 0 Å². The maximum atomic E-state index is 10.9. The minimum Gasteiger partial charge on any atom is -0.481 e. The fraction of sp³-hybridized carbons (Fsp3) is 0.929. The number of rotatable bonds is 27. The lowest BCUT2D eigenvalue weighted by Gasteiger charge is -2.11. The lowest BCUT2D eigenvalue weighted by atomic mass is 10.0. The Bertz CT molecular complexity index is 438. The van der Waals surface area contributed by atoms with Crippen molar-refractivity contribution in [2.24, 2.45) is 0 Å². The molecule has 2 N–H and O–H groups in total. The fourth-order valence-electron chi connectivity index (χ4n) is 4.31. The van der Waals surface area contributed by atoms with Crippen LogP contribution in [0.15, 0.2) is 0 Å². The summed E-state index contributed by atoms with van der Waals surface area (Å²) in [7, 11) is 0. The van der Waals surface area contributed by atoms with E-state index < -0.39 is 24.5 Å². The molecule has 0 saturated heterocycles. The maximum absolute atomic E-state index is 10.9. The van der Waals surface area contributed by atoms with E-state index in [1.165, 1.54) is 122 Å². The molecule has 5 nitrogen and oxygen atoms in total. The van der Waals surface area contributed by atoms with Crippen LogP contribution < -0.4 is 0 Å². The molecule has 1 unspecified atom stereocenters. The van der Waals surface area contributed by atoms with Gasteiger partial charge in [-0.05, 0) is 6.42 Å². The molecule has 0 aliphatic rings. The normalized spacial score (nSPS) is 12.2. The number of unbranched alkanes of at least 4 members (excludes halogenated alkanes) is 21. The number of hydrogen-bond acceptors (Lipinski definition) is 3. The molecule has 0 rings (SSSR count). The summed E-state index contributed by atoms with van der Waals surface area (Å²) in [6, 6.07) is 0. The summed E-state index contributed by atoms with van der Waals surface area (Å²) in [6.07, 6.45) is 27.6. The molecule has 196 valence electrons.